The molecule has 1 amide bonds. The van der Waals surface area contributed by atoms with E-state index in [1.807, 2.05) is 0 Å². The van der Waals surface area contributed by atoms with Crippen molar-refractivity contribution in [3.8, 4) is 0 Å². The second kappa shape index (κ2) is 5.32. The molecule has 0 saturated heterocycles. The number of nitrogens with two attached hydrogens (primary N) is 1. The molecule has 0 heterocycles. The third-order valence-corrected chi connectivity index (χ3v) is 3.42. The normalized spacial score (nSPS) is 16.4. The van der Waals surface area contributed by atoms with Gasteiger partial charge in [-0.25, -0.2) is 8.78 Å². The molecule has 2 rings (SSSR count). The molecule has 1 fully saturated rings. The van der Waals surface area contributed by atoms with Crippen molar-refractivity contribution in [2.24, 2.45) is 11.7 Å². The summed E-state index contributed by atoms with van der Waals surface area (Å²) in [6.45, 7) is 0.235. The van der Waals surface area contributed by atoms with Crippen LogP contribution in [0.4, 0.5) is 8.78 Å². The van der Waals surface area contributed by atoms with Gasteiger partial charge in [-0.05, 0) is 30.9 Å². The Balaban J connectivity index is 2.04. The molecule has 0 aromatic heterocycles. The molecular formula is C12H13BrF2N2O. The summed E-state index contributed by atoms with van der Waals surface area (Å²) in [5, 5.41) is 2.46. The molecule has 1 saturated carbocycles. The van der Waals surface area contributed by atoms with Crippen molar-refractivity contribution in [3.63, 3.8) is 0 Å². The first-order chi connectivity index (χ1) is 8.49. The highest BCUT2D eigenvalue weighted by Gasteiger charge is 2.29. The summed E-state index contributed by atoms with van der Waals surface area (Å²) < 4.78 is 27.2. The Morgan fingerprint density at radius 3 is 2.50 bits per heavy atom. The van der Waals surface area contributed by atoms with Gasteiger partial charge in [0.1, 0.15) is 17.2 Å². The summed E-state index contributed by atoms with van der Waals surface area (Å²) >= 11 is 2.95. The standard InChI is InChI=1S/C12H13BrF2N2O/c13-7-3-8(14)11(9(15)4-7)12(18)17-5-10(16)6-1-2-6/h3-4,6,10H,1-2,5,16H2,(H,17,18). The zero-order valence-electron chi connectivity index (χ0n) is 9.55. The maximum atomic E-state index is 13.5. The van der Waals surface area contributed by atoms with E-state index in [0.29, 0.717) is 5.92 Å². The highest BCUT2D eigenvalue weighted by atomic mass is 79.9. The molecule has 1 aliphatic rings. The van der Waals surface area contributed by atoms with E-state index in [1.54, 1.807) is 0 Å². The fourth-order valence-electron chi connectivity index (χ4n) is 1.75. The molecule has 1 aliphatic carbocycles. The molecule has 1 aromatic carbocycles. The first-order valence-electron chi connectivity index (χ1n) is 5.67. The molecule has 3 nitrogen and oxygen atoms in total. The lowest BCUT2D eigenvalue weighted by Gasteiger charge is -2.12. The van der Waals surface area contributed by atoms with Crippen LogP contribution in [0.2, 0.25) is 0 Å². The Kier molecular flexibility index (Phi) is 3.97. The van der Waals surface area contributed by atoms with E-state index in [9.17, 15) is 13.6 Å². The maximum absolute atomic E-state index is 13.5. The highest BCUT2D eigenvalue weighted by Crippen LogP contribution is 2.31. The summed E-state index contributed by atoms with van der Waals surface area (Å²) in [6, 6.07) is 1.97. The predicted molar refractivity (Wildman–Crippen MR) is 67.1 cm³/mol. The van der Waals surface area contributed by atoms with Gasteiger partial charge in [0.2, 0.25) is 0 Å². The van der Waals surface area contributed by atoms with Crippen LogP contribution in [-0.4, -0.2) is 18.5 Å². The minimum Gasteiger partial charge on any atom is -0.350 e. The van der Waals surface area contributed by atoms with Crippen LogP contribution in [0.25, 0.3) is 0 Å². The number of carbonyl (C=O) groups is 1. The van der Waals surface area contributed by atoms with E-state index in [0.717, 1.165) is 25.0 Å². The van der Waals surface area contributed by atoms with Gasteiger partial charge in [0.05, 0.1) is 0 Å². The summed E-state index contributed by atoms with van der Waals surface area (Å²) in [5.74, 6) is -2.13. The number of halogens is 3. The van der Waals surface area contributed by atoms with Crippen LogP contribution in [0.3, 0.4) is 0 Å². The molecule has 0 bridgehead atoms. The monoisotopic (exact) mass is 318 g/mol. The molecule has 6 heteroatoms. The summed E-state index contributed by atoms with van der Waals surface area (Å²) in [4.78, 5) is 11.7. The van der Waals surface area contributed by atoms with E-state index in [-0.39, 0.29) is 17.1 Å². The van der Waals surface area contributed by atoms with E-state index >= 15 is 0 Å². The fraction of sp³-hybridized carbons (Fsp3) is 0.417. The average molecular weight is 319 g/mol. The van der Waals surface area contributed by atoms with Gasteiger partial charge in [0.25, 0.3) is 5.91 Å². The smallest absolute Gasteiger partial charge is 0.257 e. The Bertz CT molecular complexity index is 454. The topological polar surface area (TPSA) is 55.1 Å². The van der Waals surface area contributed by atoms with E-state index in [4.69, 9.17) is 5.73 Å². The highest BCUT2D eigenvalue weighted by molar-refractivity contribution is 9.10. The van der Waals surface area contributed by atoms with Crippen LogP contribution in [0.5, 0.6) is 0 Å². The van der Waals surface area contributed by atoms with Gasteiger partial charge < -0.3 is 11.1 Å². The van der Waals surface area contributed by atoms with Crippen LogP contribution in [-0.2, 0) is 0 Å². The first-order valence-corrected chi connectivity index (χ1v) is 6.46. The second-order valence-electron chi connectivity index (χ2n) is 4.46. The number of rotatable bonds is 4. The van der Waals surface area contributed by atoms with Crippen LogP contribution in [0.15, 0.2) is 16.6 Å². The first kappa shape index (κ1) is 13.4. The minimum absolute atomic E-state index is 0.143. The number of hydrogen-bond acceptors (Lipinski definition) is 2. The number of nitrogens with one attached hydrogen (secondary N) is 1. The Morgan fingerprint density at radius 2 is 2.00 bits per heavy atom. The van der Waals surface area contributed by atoms with Crippen LogP contribution >= 0.6 is 15.9 Å². The SMILES string of the molecule is NC(CNC(=O)c1c(F)cc(Br)cc1F)C1CC1. The van der Waals surface area contributed by atoms with Crippen molar-refractivity contribution >= 4 is 21.8 Å². The zero-order valence-corrected chi connectivity index (χ0v) is 11.1. The van der Waals surface area contributed by atoms with Crippen LogP contribution < -0.4 is 11.1 Å². The van der Waals surface area contributed by atoms with E-state index in [1.165, 1.54) is 0 Å². The van der Waals surface area contributed by atoms with Gasteiger partial charge in [0.15, 0.2) is 0 Å². The molecule has 98 valence electrons. The molecular weight excluding hydrogens is 306 g/mol. The zero-order chi connectivity index (χ0) is 13.3. The Morgan fingerprint density at radius 1 is 1.44 bits per heavy atom. The lowest BCUT2D eigenvalue weighted by atomic mass is 10.1. The molecule has 1 aromatic rings. The van der Waals surface area contributed by atoms with Crippen molar-refractivity contribution in [3.05, 3.63) is 33.8 Å². The number of carbonyl (C=O) groups excluding carboxylic acids is 1. The van der Waals surface area contributed by atoms with E-state index < -0.39 is 23.1 Å². The minimum atomic E-state index is -0.889. The average Bonchev–Trinajstić information content (AvgIpc) is 3.07. The quantitative estimate of drug-likeness (QED) is 0.894. The largest absolute Gasteiger partial charge is 0.350 e. The Labute approximate surface area is 112 Å². The van der Waals surface area contributed by atoms with Crippen molar-refractivity contribution in [1.29, 1.82) is 0 Å². The van der Waals surface area contributed by atoms with Gasteiger partial charge >= 0.3 is 0 Å². The maximum Gasteiger partial charge on any atom is 0.257 e. The predicted octanol–water partition coefficient (Wildman–Crippen LogP) is 2.19. The van der Waals surface area contributed by atoms with E-state index in [2.05, 4.69) is 21.2 Å². The fourth-order valence-corrected chi connectivity index (χ4v) is 2.15. The summed E-state index contributed by atoms with van der Waals surface area (Å²) in [5.41, 5.74) is 5.23. The molecule has 1 unspecified atom stereocenters. The van der Waals surface area contributed by atoms with Gasteiger partial charge in [-0.1, -0.05) is 15.9 Å². The lowest BCUT2D eigenvalue weighted by Crippen LogP contribution is -2.39. The van der Waals surface area contributed by atoms with Crippen LogP contribution in [0.1, 0.15) is 23.2 Å². The van der Waals surface area contributed by atoms with Gasteiger partial charge in [-0.3, -0.25) is 4.79 Å². The van der Waals surface area contributed by atoms with Crippen molar-refractivity contribution in [2.75, 3.05) is 6.54 Å². The molecule has 0 radical (unpaired) electrons. The third-order valence-electron chi connectivity index (χ3n) is 2.96. The van der Waals surface area contributed by atoms with Crippen molar-refractivity contribution < 1.29 is 13.6 Å². The summed E-state index contributed by atoms with van der Waals surface area (Å²) in [7, 11) is 0. The van der Waals surface area contributed by atoms with Crippen molar-refractivity contribution in [2.45, 2.75) is 18.9 Å². The second-order valence-corrected chi connectivity index (χ2v) is 5.37. The molecule has 18 heavy (non-hydrogen) atoms. The summed E-state index contributed by atoms with van der Waals surface area (Å²) in [6.07, 6.45) is 2.11. The van der Waals surface area contributed by atoms with Gasteiger partial charge in [0, 0.05) is 17.1 Å². The Hall–Kier alpha value is -1.01. The molecule has 0 aliphatic heterocycles. The number of hydrogen-bond donors (Lipinski definition) is 2. The van der Waals surface area contributed by atoms with Crippen LogP contribution in [0, 0.1) is 17.6 Å². The lowest BCUT2D eigenvalue weighted by molar-refractivity contribution is 0.0942. The molecule has 0 spiro atoms. The number of amides is 1. The molecule has 1 atom stereocenters. The number of benzene rings is 1. The molecule has 3 N–H and O–H groups in total. The van der Waals surface area contributed by atoms with Gasteiger partial charge in [-0.2, -0.15) is 0 Å². The van der Waals surface area contributed by atoms with Crippen molar-refractivity contribution in [1.82, 2.24) is 5.32 Å². The third kappa shape index (κ3) is 3.05. The van der Waals surface area contributed by atoms with Gasteiger partial charge in [-0.15, -0.1) is 0 Å².